The van der Waals surface area contributed by atoms with Gasteiger partial charge in [0.15, 0.2) is 0 Å². The van der Waals surface area contributed by atoms with Crippen molar-refractivity contribution in [1.29, 1.82) is 0 Å². The van der Waals surface area contributed by atoms with Crippen LogP contribution < -0.4 is 15.5 Å². The third-order valence-corrected chi connectivity index (χ3v) is 6.94. The van der Waals surface area contributed by atoms with Crippen LogP contribution >= 0.6 is 11.6 Å². The minimum atomic E-state index is -1.20. The maximum absolute atomic E-state index is 13.9. The summed E-state index contributed by atoms with van der Waals surface area (Å²) in [7, 11) is 0. The molecule has 196 valence electrons. The van der Waals surface area contributed by atoms with Gasteiger partial charge in [-0.2, -0.15) is 0 Å². The molecule has 2 aliphatic rings. The molecule has 38 heavy (non-hydrogen) atoms. The number of nitrogens with zero attached hydrogens (tertiary/aromatic N) is 3. The fourth-order valence-corrected chi connectivity index (χ4v) is 5.02. The second-order valence-electron chi connectivity index (χ2n) is 9.48. The van der Waals surface area contributed by atoms with E-state index >= 15 is 0 Å². The van der Waals surface area contributed by atoms with Gasteiger partial charge in [0, 0.05) is 28.4 Å². The van der Waals surface area contributed by atoms with Gasteiger partial charge < -0.3 is 25.5 Å². The van der Waals surface area contributed by atoms with E-state index in [1.165, 1.54) is 0 Å². The Balaban J connectivity index is 1.47. The number of benzene rings is 3. The van der Waals surface area contributed by atoms with Crippen molar-refractivity contribution in [3.8, 4) is 0 Å². The minimum Gasteiger partial charge on any atom is -0.390 e. The number of urea groups is 1. The molecular weight excluding hydrogens is 502 g/mol. The first-order chi connectivity index (χ1) is 18.5. The van der Waals surface area contributed by atoms with Crippen LogP contribution in [0.2, 0.25) is 5.02 Å². The van der Waals surface area contributed by atoms with Gasteiger partial charge in [0.25, 0.3) is 5.91 Å². The summed E-state index contributed by atoms with van der Waals surface area (Å²) in [4.78, 5) is 35.4. The Labute approximate surface area is 226 Å². The van der Waals surface area contributed by atoms with Gasteiger partial charge >= 0.3 is 6.03 Å². The second kappa shape index (κ2) is 11.8. The predicted octanol–water partition coefficient (Wildman–Crippen LogP) is 4.13. The van der Waals surface area contributed by atoms with Crippen LogP contribution in [-0.4, -0.2) is 66.1 Å². The predicted molar refractivity (Wildman–Crippen MR) is 150 cm³/mol. The number of amides is 3. The summed E-state index contributed by atoms with van der Waals surface area (Å²) < 4.78 is 0. The number of anilines is 2. The van der Waals surface area contributed by atoms with Crippen LogP contribution in [0, 0.1) is 0 Å². The van der Waals surface area contributed by atoms with Gasteiger partial charge in [-0.3, -0.25) is 4.79 Å². The minimum absolute atomic E-state index is 0.0842. The zero-order valence-corrected chi connectivity index (χ0v) is 21.6. The number of fused-ring (bicyclic) bond motifs is 1. The van der Waals surface area contributed by atoms with Gasteiger partial charge in [-0.25, -0.2) is 9.79 Å². The van der Waals surface area contributed by atoms with E-state index in [-0.39, 0.29) is 6.54 Å². The van der Waals surface area contributed by atoms with Gasteiger partial charge in [0.05, 0.1) is 24.0 Å². The number of aliphatic imine (C=N–C) groups is 1. The molecular formula is C29H30ClN5O3. The molecule has 0 bridgehead atoms. The number of aliphatic hydroxyl groups excluding tert-OH is 1. The summed E-state index contributed by atoms with van der Waals surface area (Å²) in [6.45, 7) is 2.45. The molecule has 2 atom stereocenters. The number of likely N-dealkylation sites (tertiary alicyclic amines) is 1. The molecule has 0 aliphatic carbocycles. The average Bonchev–Trinajstić information content (AvgIpc) is 3.40. The smallest absolute Gasteiger partial charge is 0.321 e. The van der Waals surface area contributed by atoms with Crippen LogP contribution in [0.25, 0.3) is 0 Å². The number of hydrogen-bond donors (Lipinski definition) is 3. The number of nitrogens with one attached hydrogen (secondary N) is 2. The van der Waals surface area contributed by atoms with Crippen molar-refractivity contribution in [3.63, 3.8) is 0 Å². The lowest BCUT2D eigenvalue weighted by atomic mass is 10.00. The van der Waals surface area contributed by atoms with Gasteiger partial charge in [0.2, 0.25) is 6.17 Å². The van der Waals surface area contributed by atoms with Gasteiger partial charge in [-0.15, -0.1) is 0 Å². The Hall–Kier alpha value is -3.72. The van der Waals surface area contributed by atoms with Crippen LogP contribution in [-0.2, 0) is 4.79 Å². The highest BCUT2D eigenvalue weighted by Gasteiger charge is 2.34. The number of para-hydroxylation sites is 1. The first-order valence-electron chi connectivity index (χ1n) is 12.8. The number of carbonyl (C=O) groups is 2. The van der Waals surface area contributed by atoms with Crippen LogP contribution in [0.1, 0.15) is 24.0 Å². The second-order valence-corrected chi connectivity index (χ2v) is 9.92. The van der Waals surface area contributed by atoms with E-state index in [0.717, 1.165) is 37.1 Å². The maximum atomic E-state index is 13.9. The van der Waals surface area contributed by atoms with Gasteiger partial charge in [0.1, 0.15) is 0 Å². The quantitative estimate of drug-likeness (QED) is 0.427. The first-order valence-corrected chi connectivity index (χ1v) is 13.1. The first kappa shape index (κ1) is 25.9. The highest BCUT2D eigenvalue weighted by Crippen LogP contribution is 2.28. The normalized spacial score (nSPS) is 18.4. The fraction of sp³-hybridized carbons (Fsp3) is 0.276. The van der Waals surface area contributed by atoms with E-state index in [1.807, 2.05) is 54.6 Å². The summed E-state index contributed by atoms with van der Waals surface area (Å²) in [5, 5.41) is 17.0. The highest BCUT2D eigenvalue weighted by molar-refractivity contribution is 6.30. The topological polar surface area (TPSA) is 97.3 Å². The summed E-state index contributed by atoms with van der Waals surface area (Å²) >= 11 is 5.95. The van der Waals surface area contributed by atoms with Crippen molar-refractivity contribution in [2.75, 3.05) is 36.4 Å². The number of aliphatic hydroxyl groups is 1. The van der Waals surface area contributed by atoms with E-state index in [1.54, 1.807) is 29.2 Å². The number of carbonyl (C=O) groups excluding carboxylic acids is 2. The molecule has 3 N–H and O–H groups in total. The maximum Gasteiger partial charge on any atom is 0.321 e. The standard InChI is InChI=1S/C29H30ClN5O3/c30-21-12-14-22(15-13-21)31-29(38)33-27-28(37)35(19-23(36)18-34-16-6-7-17-34)25-11-5-4-10-24(25)26(32-27)20-8-2-1-3-9-20/h1-5,8-15,23,27,36H,6-7,16-19H2,(H2,31,33,38)/t23-,27?/m0/s1. The lowest BCUT2D eigenvalue weighted by Crippen LogP contribution is -2.51. The van der Waals surface area contributed by atoms with Crippen molar-refractivity contribution in [3.05, 3.63) is 95.0 Å². The summed E-state index contributed by atoms with van der Waals surface area (Å²) in [5.74, 6) is -0.421. The molecule has 0 radical (unpaired) electrons. The van der Waals surface area contributed by atoms with Crippen molar-refractivity contribution in [2.24, 2.45) is 4.99 Å². The Morgan fingerprint density at radius 3 is 2.39 bits per heavy atom. The van der Waals surface area contributed by atoms with E-state index < -0.39 is 24.2 Å². The summed E-state index contributed by atoms with van der Waals surface area (Å²) in [6, 6.07) is 23.2. The molecule has 1 saturated heterocycles. The molecule has 3 aromatic rings. The summed E-state index contributed by atoms with van der Waals surface area (Å²) in [5.41, 5.74) is 3.33. The zero-order chi connectivity index (χ0) is 26.5. The fourth-order valence-electron chi connectivity index (χ4n) is 4.89. The molecule has 8 nitrogen and oxygen atoms in total. The highest BCUT2D eigenvalue weighted by atomic mass is 35.5. The average molecular weight is 532 g/mol. The molecule has 5 rings (SSSR count). The number of halogens is 1. The third kappa shape index (κ3) is 6.05. The number of benzodiazepines with no additional fused rings is 1. The molecule has 3 amide bonds. The lowest BCUT2D eigenvalue weighted by Gasteiger charge is -2.29. The Kier molecular flexibility index (Phi) is 8.03. The SMILES string of the molecule is O=C(Nc1ccc(Cl)cc1)NC1N=C(c2ccccc2)c2ccccc2N(C[C@@H](O)CN2CCCC2)C1=O. The molecule has 9 heteroatoms. The van der Waals surface area contributed by atoms with E-state index in [0.29, 0.717) is 28.7 Å². The molecule has 1 unspecified atom stereocenters. The van der Waals surface area contributed by atoms with Crippen LogP contribution in [0.15, 0.2) is 83.9 Å². The van der Waals surface area contributed by atoms with Crippen molar-refractivity contribution < 1.29 is 14.7 Å². The molecule has 3 aromatic carbocycles. The van der Waals surface area contributed by atoms with E-state index in [9.17, 15) is 14.7 Å². The number of hydrogen-bond acceptors (Lipinski definition) is 5. The van der Waals surface area contributed by atoms with E-state index in [4.69, 9.17) is 16.6 Å². The monoisotopic (exact) mass is 531 g/mol. The molecule has 2 aliphatic heterocycles. The van der Waals surface area contributed by atoms with Gasteiger partial charge in [-0.1, -0.05) is 60.1 Å². The lowest BCUT2D eigenvalue weighted by molar-refractivity contribution is -0.120. The van der Waals surface area contributed by atoms with Crippen molar-refractivity contribution >= 4 is 40.6 Å². The third-order valence-electron chi connectivity index (χ3n) is 6.69. The Morgan fingerprint density at radius 1 is 0.974 bits per heavy atom. The van der Waals surface area contributed by atoms with Crippen LogP contribution in [0.3, 0.4) is 0 Å². The number of β-amino-alcohol motifs (C(OH)–C–C–N with tert-alkyl or cyclic N) is 1. The zero-order valence-electron chi connectivity index (χ0n) is 20.9. The Morgan fingerprint density at radius 2 is 1.66 bits per heavy atom. The number of rotatable bonds is 7. The van der Waals surface area contributed by atoms with Crippen molar-refractivity contribution in [2.45, 2.75) is 25.1 Å². The van der Waals surface area contributed by atoms with E-state index in [2.05, 4.69) is 15.5 Å². The van der Waals surface area contributed by atoms with Gasteiger partial charge in [-0.05, 0) is 56.3 Å². The van der Waals surface area contributed by atoms with Crippen molar-refractivity contribution in [1.82, 2.24) is 10.2 Å². The largest absolute Gasteiger partial charge is 0.390 e. The molecule has 0 aromatic heterocycles. The van der Waals surface area contributed by atoms with Crippen LogP contribution in [0.4, 0.5) is 16.2 Å². The summed E-state index contributed by atoms with van der Waals surface area (Å²) in [6.07, 6.45) is 0.262. The molecule has 2 heterocycles. The Bertz CT molecular complexity index is 1310. The molecule has 1 fully saturated rings. The molecule has 0 spiro atoms. The molecule has 0 saturated carbocycles. The van der Waals surface area contributed by atoms with Crippen LogP contribution in [0.5, 0.6) is 0 Å².